The topological polar surface area (TPSA) is 43.4 Å². The van der Waals surface area contributed by atoms with Crippen LogP contribution in [0.25, 0.3) is 0 Å². The van der Waals surface area contributed by atoms with Crippen LogP contribution in [-0.2, 0) is 14.1 Å². The number of carbonyl (C=O) groups excluding carboxylic acids is 1. The largest absolute Gasteiger partial charge is 0.465 e. The SMILES string of the molecule is CCCCOC(=O)C(C)(C)P=O. The minimum atomic E-state index is -0.895. The van der Waals surface area contributed by atoms with Gasteiger partial charge in [-0.15, -0.1) is 0 Å². The van der Waals surface area contributed by atoms with Gasteiger partial charge in [0.25, 0.3) is 0 Å². The smallest absolute Gasteiger partial charge is 0.323 e. The van der Waals surface area contributed by atoms with Crippen LogP contribution in [0.4, 0.5) is 0 Å². The third-order valence-electron chi connectivity index (χ3n) is 1.46. The summed E-state index contributed by atoms with van der Waals surface area (Å²) in [5.74, 6) is -0.396. The average Bonchev–Trinajstić information content (AvgIpc) is 2.05. The van der Waals surface area contributed by atoms with Crippen molar-refractivity contribution in [2.24, 2.45) is 0 Å². The van der Waals surface area contributed by atoms with Gasteiger partial charge in [0.05, 0.1) is 6.61 Å². The Balaban J connectivity index is 3.79. The third kappa shape index (κ3) is 3.82. The fourth-order valence-electron chi connectivity index (χ4n) is 0.523. The Bertz CT molecular complexity index is 166. The second kappa shape index (κ2) is 5.26. The van der Waals surface area contributed by atoms with E-state index in [4.69, 9.17) is 4.74 Å². The van der Waals surface area contributed by atoms with Crippen LogP contribution in [0.3, 0.4) is 0 Å². The summed E-state index contributed by atoms with van der Waals surface area (Å²) in [5.41, 5.74) is 0. The van der Waals surface area contributed by atoms with Crippen molar-refractivity contribution in [3.8, 4) is 0 Å². The summed E-state index contributed by atoms with van der Waals surface area (Å²) in [6, 6.07) is 0. The maximum absolute atomic E-state index is 11.1. The van der Waals surface area contributed by atoms with E-state index in [1.165, 1.54) is 0 Å². The van der Waals surface area contributed by atoms with E-state index in [0.717, 1.165) is 12.8 Å². The van der Waals surface area contributed by atoms with Crippen LogP contribution in [0.15, 0.2) is 0 Å². The summed E-state index contributed by atoms with van der Waals surface area (Å²) in [6.07, 6.45) is 1.85. The van der Waals surface area contributed by atoms with Gasteiger partial charge in [0.1, 0.15) is 5.16 Å². The van der Waals surface area contributed by atoms with Crippen molar-refractivity contribution >= 4 is 14.4 Å². The van der Waals surface area contributed by atoms with Crippen molar-refractivity contribution in [3.05, 3.63) is 0 Å². The fraction of sp³-hybridized carbons (Fsp3) is 0.875. The van der Waals surface area contributed by atoms with E-state index in [1.807, 2.05) is 6.92 Å². The van der Waals surface area contributed by atoms with Crippen LogP contribution in [0.5, 0.6) is 0 Å². The van der Waals surface area contributed by atoms with Gasteiger partial charge in [-0.2, -0.15) is 0 Å². The van der Waals surface area contributed by atoms with Gasteiger partial charge in [0.15, 0.2) is 8.46 Å². The Hall–Kier alpha value is -0.430. The van der Waals surface area contributed by atoms with E-state index in [1.54, 1.807) is 13.8 Å². The van der Waals surface area contributed by atoms with Gasteiger partial charge in [0.2, 0.25) is 0 Å². The number of ether oxygens (including phenoxy) is 1. The highest BCUT2D eigenvalue weighted by molar-refractivity contribution is 7.27. The second-order valence-corrected chi connectivity index (χ2v) is 4.44. The number of unbranched alkanes of at least 4 members (excludes halogenated alkanes) is 1. The lowest BCUT2D eigenvalue weighted by Gasteiger charge is -2.13. The molecule has 70 valence electrons. The number of carbonyl (C=O) groups is 1. The molecule has 0 aromatic carbocycles. The molecule has 0 amide bonds. The molecule has 0 saturated heterocycles. The summed E-state index contributed by atoms with van der Waals surface area (Å²) >= 11 is 0. The molecule has 0 heterocycles. The lowest BCUT2D eigenvalue weighted by Crippen LogP contribution is -2.27. The Kier molecular flexibility index (Phi) is 5.07. The zero-order chi connectivity index (χ0) is 9.61. The van der Waals surface area contributed by atoms with E-state index >= 15 is 0 Å². The maximum atomic E-state index is 11.1. The van der Waals surface area contributed by atoms with Gasteiger partial charge < -0.3 is 4.74 Å². The first kappa shape index (κ1) is 11.6. The van der Waals surface area contributed by atoms with Crippen molar-refractivity contribution < 1.29 is 14.1 Å². The summed E-state index contributed by atoms with van der Waals surface area (Å²) in [6.45, 7) is 5.63. The standard InChI is InChI=1S/C8H15O3P/c1-4-5-6-11-7(9)8(2,3)12-10/h4-6H2,1-3H3. The molecule has 0 aromatic heterocycles. The number of esters is 1. The molecule has 0 saturated carbocycles. The van der Waals surface area contributed by atoms with Gasteiger partial charge in [-0.1, -0.05) is 13.3 Å². The normalized spacial score (nSPS) is 11.6. The van der Waals surface area contributed by atoms with Crippen molar-refractivity contribution in [1.82, 2.24) is 0 Å². The molecule has 0 spiro atoms. The highest BCUT2D eigenvalue weighted by Gasteiger charge is 2.29. The van der Waals surface area contributed by atoms with Crippen LogP contribution in [0.2, 0.25) is 0 Å². The van der Waals surface area contributed by atoms with Crippen LogP contribution in [0.1, 0.15) is 33.6 Å². The zero-order valence-electron chi connectivity index (χ0n) is 7.79. The molecule has 0 unspecified atom stereocenters. The van der Waals surface area contributed by atoms with Crippen LogP contribution in [-0.4, -0.2) is 17.7 Å². The lowest BCUT2D eigenvalue weighted by molar-refractivity contribution is -0.145. The second-order valence-electron chi connectivity index (χ2n) is 3.14. The maximum Gasteiger partial charge on any atom is 0.323 e. The van der Waals surface area contributed by atoms with Crippen LogP contribution in [0, 0.1) is 0 Å². The highest BCUT2D eigenvalue weighted by atomic mass is 31.1. The monoisotopic (exact) mass is 190 g/mol. The predicted octanol–water partition coefficient (Wildman–Crippen LogP) is 2.40. The van der Waals surface area contributed by atoms with Crippen molar-refractivity contribution in [2.45, 2.75) is 38.8 Å². The van der Waals surface area contributed by atoms with Crippen molar-refractivity contribution in [3.63, 3.8) is 0 Å². The quantitative estimate of drug-likeness (QED) is 0.380. The minimum absolute atomic E-state index is 0.190. The van der Waals surface area contributed by atoms with Crippen LogP contribution >= 0.6 is 8.46 Å². The molecular weight excluding hydrogens is 175 g/mol. The molecule has 3 nitrogen and oxygen atoms in total. The lowest BCUT2D eigenvalue weighted by atomic mass is 10.2. The first-order valence-electron chi connectivity index (χ1n) is 4.06. The van der Waals surface area contributed by atoms with Gasteiger partial charge in [-0.3, -0.25) is 9.36 Å². The molecule has 0 bridgehead atoms. The summed E-state index contributed by atoms with van der Waals surface area (Å²) < 4.78 is 15.4. The number of hydrogen-bond acceptors (Lipinski definition) is 3. The molecule has 0 aromatic rings. The first-order valence-corrected chi connectivity index (χ1v) is 4.87. The van der Waals surface area contributed by atoms with Crippen LogP contribution < -0.4 is 0 Å². The molecule has 0 N–H and O–H groups in total. The fourth-order valence-corrected chi connectivity index (χ4v) is 0.662. The Morgan fingerprint density at radius 1 is 1.50 bits per heavy atom. The van der Waals surface area contributed by atoms with Crippen molar-refractivity contribution in [1.29, 1.82) is 0 Å². The van der Waals surface area contributed by atoms with E-state index in [-0.39, 0.29) is 8.46 Å². The molecule has 4 heteroatoms. The van der Waals surface area contributed by atoms with Gasteiger partial charge >= 0.3 is 5.97 Å². The highest BCUT2D eigenvalue weighted by Crippen LogP contribution is 2.22. The van der Waals surface area contributed by atoms with Gasteiger partial charge in [-0.05, 0) is 20.3 Å². The minimum Gasteiger partial charge on any atom is -0.465 e. The third-order valence-corrected chi connectivity index (χ3v) is 2.10. The first-order chi connectivity index (χ1) is 5.54. The number of hydrogen-bond donors (Lipinski definition) is 0. The zero-order valence-corrected chi connectivity index (χ0v) is 8.69. The van der Waals surface area contributed by atoms with E-state index in [0.29, 0.717) is 6.61 Å². The van der Waals surface area contributed by atoms with Gasteiger partial charge in [-0.25, -0.2) is 0 Å². The molecule has 0 atom stereocenters. The molecule has 0 aliphatic heterocycles. The Labute approximate surface area is 74.7 Å². The molecular formula is C8H15O3P. The summed E-state index contributed by atoms with van der Waals surface area (Å²) in [4.78, 5) is 11.1. The van der Waals surface area contributed by atoms with Crippen molar-refractivity contribution in [2.75, 3.05) is 6.61 Å². The summed E-state index contributed by atoms with van der Waals surface area (Å²) in [7, 11) is -0.190. The van der Waals surface area contributed by atoms with E-state index in [2.05, 4.69) is 0 Å². The average molecular weight is 190 g/mol. The molecule has 0 radical (unpaired) electrons. The molecule has 0 aliphatic carbocycles. The molecule has 0 fully saturated rings. The Morgan fingerprint density at radius 2 is 2.08 bits per heavy atom. The van der Waals surface area contributed by atoms with E-state index in [9.17, 15) is 9.36 Å². The van der Waals surface area contributed by atoms with Gasteiger partial charge in [0, 0.05) is 0 Å². The summed E-state index contributed by atoms with van der Waals surface area (Å²) in [5, 5.41) is -0.895. The van der Waals surface area contributed by atoms with E-state index < -0.39 is 11.1 Å². The number of rotatable bonds is 5. The Morgan fingerprint density at radius 3 is 2.50 bits per heavy atom. The molecule has 0 aliphatic rings. The molecule has 0 rings (SSSR count). The molecule has 12 heavy (non-hydrogen) atoms. The predicted molar refractivity (Wildman–Crippen MR) is 47.6 cm³/mol.